The molecule has 0 saturated carbocycles. The van der Waals surface area contributed by atoms with Crippen molar-refractivity contribution < 1.29 is 31.9 Å². The zero-order valence-corrected chi connectivity index (χ0v) is 19.3. The van der Waals surface area contributed by atoms with E-state index in [0.717, 1.165) is 24.6 Å². The molecular weight excluding hydrogens is 465 g/mol. The Kier molecular flexibility index (Phi) is 8.14. The van der Waals surface area contributed by atoms with Gasteiger partial charge >= 0.3 is 12.1 Å². The van der Waals surface area contributed by atoms with Crippen LogP contribution in [-0.2, 0) is 17.4 Å². The lowest BCUT2D eigenvalue weighted by molar-refractivity contribution is -0.138. The van der Waals surface area contributed by atoms with E-state index in [1.54, 1.807) is 18.2 Å². The Morgan fingerprint density at radius 3 is 2.06 bits per heavy atom. The summed E-state index contributed by atoms with van der Waals surface area (Å²) in [5, 5.41) is 12.5. The fourth-order valence-corrected chi connectivity index (χ4v) is 3.87. The van der Waals surface area contributed by atoms with Crippen LogP contribution in [0.4, 0.5) is 27.6 Å². The average Bonchev–Trinajstić information content (AvgIpc) is 2.74. The number of nitrogens with one attached hydrogen (secondary N) is 1. The summed E-state index contributed by atoms with van der Waals surface area (Å²) in [5.41, 5.74) is 1.55. The summed E-state index contributed by atoms with van der Waals surface area (Å²) in [5.74, 6) is -2.15. The Bertz CT molecular complexity index is 1150. The summed E-state index contributed by atoms with van der Waals surface area (Å²) in [6.45, 7) is 4.05. The van der Waals surface area contributed by atoms with E-state index >= 15 is 0 Å². The van der Waals surface area contributed by atoms with Crippen molar-refractivity contribution in [3.63, 3.8) is 0 Å². The Hall–Kier alpha value is -3.42. The van der Waals surface area contributed by atoms with Crippen LogP contribution in [-0.4, -0.2) is 11.1 Å². The first-order chi connectivity index (χ1) is 16.4. The molecule has 3 aromatic carbocycles. The van der Waals surface area contributed by atoms with Gasteiger partial charge in [0.2, 0.25) is 0 Å². The molecule has 8 heteroatoms. The lowest BCUT2D eigenvalue weighted by Crippen LogP contribution is -2.13. The van der Waals surface area contributed by atoms with E-state index in [1.807, 2.05) is 13.8 Å². The zero-order chi connectivity index (χ0) is 25.8. The molecule has 0 aliphatic rings. The van der Waals surface area contributed by atoms with Gasteiger partial charge in [-0.25, -0.2) is 8.78 Å². The molecule has 0 heterocycles. The van der Waals surface area contributed by atoms with Gasteiger partial charge in [0.25, 0.3) is 0 Å². The van der Waals surface area contributed by atoms with Gasteiger partial charge in [-0.15, -0.1) is 0 Å². The van der Waals surface area contributed by atoms with E-state index in [2.05, 4.69) is 5.32 Å². The van der Waals surface area contributed by atoms with Crippen LogP contribution in [0.15, 0.2) is 60.7 Å². The maximum absolute atomic E-state index is 13.9. The largest absolute Gasteiger partial charge is 0.481 e. The van der Waals surface area contributed by atoms with Crippen molar-refractivity contribution in [1.29, 1.82) is 0 Å². The molecule has 35 heavy (non-hydrogen) atoms. The maximum atomic E-state index is 13.9. The lowest BCUT2D eigenvalue weighted by atomic mass is 9.95. The molecule has 0 fully saturated rings. The second kappa shape index (κ2) is 10.9. The lowest BCUT2D eigenvalue weighted by Gasteiger charge is -2.23. The van der Waals surface area contributed by atoms with Crippen LogP contribution >= 0.6 is 0 Å². The van der Waals surface area contributed by atoms with Crippen LogP contribution < -0.4 is 5.32 Å². The summed E-state index contributed by atoms with van der Waals surface area (Å²) in [4.78, 5) is 11.4. The Morgan fingerprint density at radius 2 is 1.51 bits per heavy atom. The number of halogens is 5. The minimum absolute atomic E-state index is 0.297. The number of rotatable bonds is 9. The Balaban J connectivity index is 2.01. The highest BCUT2D eigenvalue weighted by molar-refractivity contribution is 5.75. The van der Waals surface area contributed by atoms with E-state index in [-0.39, 0.29) is 6.42 Å². The van der Waals surface area contributed by atoms with Gasteiger partial charge in [-0.1, -0.05) is 32.0 Å². The third-order valence-electron chi connectivity index (χ3n) is 5.55. The highest BCUT2D eigenvalue weighted by Gasteiger charge is 2.30. The van der Waals surface area contributed by atoms with E-state index in [9.17, 15) is 31.9 Å². The van der Waals surface area contributed by atoms with Crippen LogP contribution in [0, 0.1) is 17.6 Å². The van der Waals surface area contributed by atoms with Gasteiger partial charge in [-0.05, 0) is 77.4 Å². The van der Waals surface area contributed by atoms with Crippen molar-refractivity contribution in [2.45, 2.75) is 45.3 Å². The van der Waals surface area contributed by atoms with Crippen molar-refractivity contribution in [2.24, 2.45) is 5.92 Å². The van der Waals surface area contributed by atoms with E-state index in [0.29, 0.717) is 40.3 Å². The number of benzene rings is 3. The number of alkyl halides is 3. The monoisotopic (exact) mass is 491 g/mol. The normalized spacial score (nSPS) is 12.6. The predicted molar refractivity (Wildman–Crippen MR) is 125 cm³/mol. The molecule has 0 aromatic heterocycles. The summed E-state index contributed by atoms with van der Waals surface area (Å²) in [7, 11) is 0. The van der Waals surface area contributed by atoms with Gasteiger partial charge < -0.3 is 10.4 Å². The van der Waals surface area contributed by atoms with Crippen molar-refractivity contribution in [1.82, 2.24) is 0 Å². The first-order valence-corrected chi connectivity index (χ1v) is 11.2. The molecule has 0 spiro atoms. The highest BCUT2D eigenvalue weighted by atomic mass is 19.4. The number of carboxylic acids is 1. The van der Waals surface area contributed by atoms with Gasteiger partial charge in [-0.2, -0.15) is 13.2 Å². The van der Waals surface area contributed by atoms with Crippen LogP contribution in [0.1, 0.15) is 49.4 Å². The minimum atomic E-state index is -4.47. The van der Waals surface area contributed by atoms with Gasteiger partial charge in [0.15, 0.2) is 0 Å². The van der Waals surface area contributed by atoms with Crippen LogP contribution in [0.5, 0.6) is 0 Å². The number of carboxylic acid groups (broad SMARTS) is 1. The van der Waals surface area contributed by atoms with Crippen molar-refractivity contribution in [3.8, 4) is 11.1 Å². The summed E-state index contributed by atoms with van der Waals surface area (Å²) < 4.78 is 66.7. The summed E-state index contributed by atoms with van der Waals surface area (Å²) in [6.07, 6.45) is -3.45. The molecule has 0 aliphatic heterocycles. The zero-order valence-electron chi connectivity index (χ0n) is 19.3. The molecule has 2 N–H and O–H groups in total. The number of anilines is 1. The second-order valence-electron chi connectivity index (χ2n) is 8.94. The van der Waals surface area contributed by atoms with E-state index < -0.39 is 35.4 Å². The quantitative estimate of drug-likeness (QED) is 0.300. The third kappa shape index (κ3) is 7.53. The Labute approximate surface area is 200 Å². The van der Waals surface area contributed by atoms with Gasteiger partial charge in [0.05, 0.1) is 18.0 Å². The molecular formula is C27H26F5NO2. The number of hydrogen-bond acceptors (Lipinski definition) is 2. The summed E-state index contributed by atoms with van der Waals surface area (Å²) >= 11 is 0. The standard InChI is InChI=1S/C27H26F5NO2/c1-16(2)3-8-25(20-12-22(28)15-23(29)13-20)33-24-10-17(11-26(34)35)9-19(14-24)18-4-6-21(7-5-18)27(30,31)32/h4-7,9-10,12-16,25,33H,3,8,11H2,1-2H3,(H,34,35). The van der Waals surface area contributed by atoms with Crippen LogP contribution in [0.25, 0.3) is 11.1 Å². The molecule has 3 aromatic rings. The van der Waals surface area contributed by atoms with Crippen LogP contribution in [0.3, 0.4) is 0 Å². The molecule has 3 rings (SSSR count). The third-order valence-corrected chi connectivity index (χ3v) is 5.55. The molecule has 0 bridgehead atoms. The fourth-order valence-electron chi connectivity index (χ4n) is 3.87. The molecule has 0 aliphatic carbocycles. The number of hydrogen-bond donors (Lipinski definition) is 2. The second-order valence-corrected chi connectivity index (χ2v) is 8.94. The first kappa shape index (κ1) is 26.2. The minimum Gasteiger partial charge on any atom is -0.481 e. The molecule has 0 amide bonds. The molecule has 186 valence electrons. The number of carbonyl (C=O) groups is 1. The first-order valence-electron chi connectivity index (χ1n) is 11.2. The fraction of sp³-hybridized carbons (Fsp3) is 0.296. The topological polar surface area (TPSA) is 49.3 Å². The van der Waals surface area contributed by atoms with Crippen LogP contribution in [0.2, 0.25) is 0 Å². The van der Waals surface area contributed by atoms with Gasteiger partial charge in [-0.3, -0.25) is 4.79 Å². The number of aliphatic carboxylic acids is 1. The molecule has 0 radical (unpaired) electrons. The maximum Gasteiger partial charge on any atom is 0.416 e. The van der Waals surface area contributed by atoms with Crippen molar-refractivity contribution in [2.75, 3.05) is 5.32 Å². The van der Waals surface area contributed by atoms with E-state index in [1.165, 1.54) is 24.3 Å². The smallest absolute Gasteiger partial charge is 0.416 e. The predicted octanol–water partition coefficient (Wildman–Crippen LogP) is 7.87. The summed E-state index contributed by atoms with van der Waals surface area (Å²) in [6, 6.07) is 12.3. The van der Waals surface area contributed by atoms with Gasteiger partial charge in [0, 0.05) is 11.8 Å². The molecule has 1 atom stereocenters. The van der Waals surface area contributed by atoms with Gasteiger partial charge in [0.1, 0.15) is 11.6 Å². The van der Waals surface area contributed by atoms with E-state index in [4.69, 9.17) is 0 Å². The SMILES string of the molecule is CC(C)CCC(Nc1cc(CC(=O)O)cc(-c2ccc(C(F)(F)F)cc2)c1)c1cc(F)cc(F)c1. The Morgan fingerprint density at radius 1 is 0.886 bits per heavy atom. The molecule has 1 unspecified atom stereocenters. The molecule has 3 nitrogen and oxygen atoms in total. The highest BCUT2D eigenvalue weighted by Crippen LogP contribution is 2.33. The average molecular weight is 492 g/mol. The van der Waals surface area contributed by atoms with Crippen molar-refractivity contribution in [3.05, 3.63) is 89.0 Å². The van der Waals surface area contributed by atoms with Crippen molar-refractivity contribution >= 4 is 11.7 Å². The molecule has 0 saturated heterocycles.